The number of hydrogen-bond acceptors (Lipinski definition) is 5. The predicted octanol–water partition coefficient (Wildman–Crippen LogP) is 1.77. The van der Waals surface area contributed by atoms with Gasteiger partial charge in [-0.25, -0.2) is 0 Å². The lowest BCUT2D eigenvalue weighted by atomic mass is 10.1. The first-order valence-corrected chi connectivity index (χ1v) is 6.96. The molecule has 1 aliphatic rings. The van der Waals surface area contributed by atoms with E-state index in [4.69, 9.17) is 0 Å². The van der Waals surface area contributed by atoms with Crippen molar-refractivity contribution in [2.24, 2.45) is 0 Å². The molecule has 1 fully saturated rings. The first-order valence-electron chi connectivity index (χ1n) is 6.96. The van der Waals surface area contributed by atoms with Gasteiger partial charge < -0.3 is 10.2 Å². The van der Waals surface area contributed by atoms with Crippen LogP contribution in [0.4, 0.5) is 11.4 Å². The van der Waals surface area contributed by atoms with Crippen molar-refractivity contribution in [1.29, 1.82) is 0 Å². The van der Waals surface area contributed by atoms with Crippen LogP contribution in [-0.4, -0.2) is 55.0 Å². The van der Waals surface area contributed by atoms with Crippen LogP contribution in [0, 0.1) is 10.1 Å². The maximum atomic E-state index is 11.1. The van der Waals surface area contributed by atoms with Gasteiger partial charge in [-0.05, 0) is 38.2 Å². The fraction of sp³-hybridized carbons (Fsp3) is 0.571. The molecule has 1 aromatic rings. The summed E-state index contributed by atoms with van der Waals surface area (Å²) in [5.41, 5.74) is 1.71. The molecule has 6 heteroatoms. The number of likely N-dealkylation sites (N-methyl/N-ethyl adjacent to an activating group) is 1. The quantitative estimate of drug-likeness (QED) is 0.672. The number of nitrogens with one attached hydrogen (secondary N) is 1. The summed E-state index contributed by atoms with van der Waals surface area (Å²) in [4.78, 5) is 15.4. The second-order valence-corrected chi connectivity index (χ2v) is 5.29. The van der Waals surface area contributed by atoms with E-state index in [0.29, 0.717) is 5.69 Å². The molecule has 0 radical (unpaired) electrons. The summed E-state index contributed by atoms with van der Waals surface area (Å²) >= 11 is 0. The Morgan fingerprint density at radius 3 is 2.80 bits per heavy atom. The van der Waals surface area contributed by atoms with E-state index in [0.717, 1.165) is 44.7 Å². The Hall–Kier alpha value is -1.66. The highest BCUT2D eigenvalue weighted by atomic mass is 16.6. The monoisotopic (exact) mass is 278 g/mol. The second kappa shape index (κ2) is 6.67. The van der Waals surface area contributed by atoms with E-state index in [1.54, 1.807) is 19.2 Å². The molecule has 110 valence electrons. The fourth-order valence-corrected chi connectivity index (χ4v) is 2.55. The van der Waals surface area contributed by atoms with Crippen molar-refractivity contribution in [3.63, 3.8) is 0 Å². The van der Waals surface area contributed by atoms with E-state index in [2.05, 4.69) is 22.2 Å². The Kier molecular flexibility index (Phi) is 4.92. The maximum absolute atomic E-state index is 11.1. The molecule has 0 unspecified atom stereocenters. The summed E-state index contributed by atoms with van der Waals surface area (Å²) in [6.45, 7) is 5.01. The summed E-state index contributed by atoms with van der Waals surface area (Å²) < 4.78 is 0. The van der Waals surface area contributed by atoms with Gasteiger partial charge in [-0.3, -0.25) is 15.0 Å². The molecule has 2 rings (SSSR count). The molecular formula is C14H22N4O2. The minimum atomic E-state index is -0.328. The van der Waals surface area contributed by atoms with Gasteiger partial charge in [0.05, 0.1) is 4.92 Å². The van der Waals surface area contributed by atoms with Gasteiger partial charge in [0.2, 0.25) is 0 Å². The van der Waals surface area contributed by atoms with Gasteiger partial charge in [-0.15, -0.1) is 0 Å². The third-order valence-corrected chi connectivity index (χ3v) is 3.75. The number of nitrogens with zero attached hydrogens (tertiary/aromatic N) is 3. The van der Waals surface area contributed by atoms with E-state index in [1.807, 2.05) is 6.07 Å². The first-order chi connectivity index (χ1) is 9.60. The standard InChI is InChI=1S/C14H22N4O2/c1-15-13-5-4-12(10-14(13)18(19)20)11-17-7-3-6-16(2)8-9-17/h4-5,10,15H,3,6-9,11H2,1-2H3. The molecule has 6 nitrogen and oxygen atoms in total. The van der Waals surface area contributed by atoms with Crippen LogP contribution in [0.1, 0.15) is 12.0 Å². The summed E-state index contributed by atoms with van der Waals surface area (Å²) in [5.74, 6) is 0. The third kappa shape index (κ3) is 3.68. The zero-order valence-corrected chi connectivity index (χ0v) is 12.1. The third-order valence-electron chi connectivity index (χ3n) is 3.75. The molecule has 1 N–H and O–H groups in total. The average molecular weight is 278 g/mol. The molecule has 0 aliphatic carbocycles. The lowest BCUT2D eigenvalue weighted by Gasteiger charge is -2.20. The van der Waals surface area contributed by atoms with E-state index >= 15 is 0 Å². The van der Waals surface area contributed by atoms with Gasteiger partial charge in [0.1, 0.15) is 5.69 Å². The summed E-state index contributed by atoms with van der Waals surface area (Å²) in [6.07, 6.45) is 1.15. The molecule has 0 aromatic heterocycles. The van der Waals surface area contributed by atoms with Gasteiger partial charge in [-0.1, -0.05) is 6.07 Å². The SMILES string of the molecule is CNc1ccc(CN2CCCN(C)CC2)cc1[N+](=O)[O-]. The lowest BCUT2D eigenvalue weighted by molar-refractivity contribution is -0.384. The van der Waals surface area contributed by atoms with Crippen LogP contribution in [0.3, 0.4) is 0 Å². The molecule has 0 saturated carbocycles. The highest BCUT2D eigenvalue weighted by molar-refractivity contribution is 5.62. The minimum Gasteiger partial charge on any atom is -0.383 e. The second-order valence-electron chi connectivity index (χ2n) is 5.29. The largest absolute Gasteiger partial charge is 0.383 e. The Labute approximate surface area is 119 Å². The van der Waals surface area contributed by atoms with Gasteiger partial charge in [0, 0.05) is 32.7 Å². The fourth-order valence-electron chi connectivity index (χ4n) is 2.55. The van der Waals surface area contributed by atoms with Gasteiger partial charge in [0.25, 0.3) is 5.69 Å². The van der Waals surface area contributed by atoms with Gasteiger partial charge in [0.15, 0.2) is 0 Å². The van der Waals surface area contributed by atoms with Crippen molar-refractivity contribution in [1.82, 2.24) is 9.80 Å². The molecule has 0 spiro atoms. The van der Waals surface area contributed by atoms with E-state index < -0.39 is 0 Å². The van der Waals surface area contributed by atoms with Crippen LogP contribution < -0.4 is 5.32 Å². The highest BCUT2D eigenvalue weighted by Gasteiger charge is 2.16. The van der Waals surface area contributed by atoms with Gasteiger partial charge in [-0.2, -0.15) is 0 Å². The molecule has 1 heterocycles. The number of hydrogen-bond donors (Lipinski definition) is 1. The normalized spacial score (nSPS) is 17.7. The average Bonchev–Trinajstić information content (AvgIpc) is 2.63. The van der Waals surface area contributed by atoms with Crippen LogP contribution in [0.25, 0.3) is 0 Å². The van der Waals surface area contributed by atoms with Crippen LogP contribution in [0.2, 0.25) is 0 Å². The Morgan fingerprint density at radius 2 is 2.10 bits per heavy atom. The molecule has 1 saturated heterocycles. The van der Waals surface area contributed by atoms with E-state index in [1.165, 1.54) is 0 Å². The lowest BCUT2D eigenvalue weighted by Crippen LogP contribution is -2.28. The van der Waals surface area contributed by atoms with Crippen molar-refractivity contribution >= 4 is 11.4 Å². The van der Waals surface area contributed by atoms with Gasteiger partial charge >= 0.3 is 0 Å². The number of nitro benzene ring substituents is 1. The Balaban J connectivity index is 2.09. The topological polar surface area (TPSA) is 61.6 Å². The molecule has 0 bridgehead atoms. The minimum absolute atomic E-state index is 0.150. The maximum Gasteiger partial charge on any atom is 0.292 e. The predicted molar refractivity (Wildman–Crippen MR) is 80.0 cm³/mol. The van der Waals surface area contributed by atoms with Crippen molar-refractivity contribution in [3.8, 4) is 0 Å². The summed E-state index contributed by atoms with van der Waals surface area (Å²) in [5, 5.41) is 13.9. The Morgan fingerprint density at radius 1 is 1.30 bits per heavy atom. The van der Waals surface area contributed by atoms with Crippen molar-refractivity contribution < 1.29 is 4.92 Å². The number of benzene rings is 1. The molecule has 20 heavy (non-hydrogen) atoms. The molecule has 1 aliphatic heterocycles. The number of anilines is 1. The Bertz CT molecular complexity index is 478. The number of nitro groups is 1. The number of rotatable bonds is 4. The van der Waals surface area contributed by atoms with E-state index in [9.17, 15) is 10.1 Å². The highest BCUT2D eigenvalue weighted by Crippen LogP contribution is 2.25. The van der Waals surface area contributed by atoms with Crippen molar-refractivity contribution in [3.05, 3.63) is 33.9 Å². The van der Waals surface area contributed by atoms with E-state index in [-0.39, 0.29) is 10.6 Å². The zero-order chi connectivity index (χ0) is 14.5. The van der Waals surface area contributed by atoms with Crippen molar-refractivity contribution in [2.75, 3.05) is 45.6 Å². The summed E-state index contributed by atoms with van der Waals surface area (Å²) in [7, 11) is 3.84. The van der Waals surface area contributed by atoms with Crippen LogP contribution >= 0.6 is 0 Å². The van der Waals surface area contributed by atoms with Crippen LogP contribution in [-0.2, 0) is 6.54 Å². The van der Waals surface area contributed by atoms with Crippen LogP contribution in [0.5, 0.6) is 0 Å². The van der Waals surface area contributed by atoms with Crippen LogP contribution in [0.15, 0.2) is 18.2 Å². The summed E-state index contributed by atoms with van der Waals surface area (Å²) in [6, 6.07) is 5.44. The smallest absolute Gasteiger partial charge is 0.292 e. The zero-order valence-electron chi connectivity index (χ0n) is 12.1. The van der Waals surface area contributed by atoms with Crippen molar-refractivity contribution in [2.45, 2.75) is 13.0 Å². The molecule has 1 aromatic carbocycles. The molecule has 0 atom stereocenters. The molecule has 0 amide bonds. The first kappa shape index (κ1) is 14.7. The molecular weight excluding hydrogens is 256 g/mol.